The van der Waals surface area contributed by atoms with E-state index >= 15 is 0 Å². The molecule has 3 aliphatic rings. The van der Waals surface area contributed by atoms with Crippen LogP contribution in [0.4, 0.5) is 0 Å². The monoisotopic (exact) mass is 549 g/mol. The lowest BCUT2D eigenvalue weighted by molar-refractivity contribution is -0.148. The number of fused-ring (bicyclic) bond motifs is 3. The highest BCUT2D eigenvalue weighted by Crippen LogP contribution is 2.52. The molecule has 0 radical (unpaired) electrons. The van der Waals surface area contributed by atoms with Gasteiger partial charge in [-0.05, 0) is 56.1 Å². The second-order valence-electron chi connectivity index (χ2n) is 10.8. The van der Waals surface area contributed by atoms with Gasteiger partial charge in [-0.25, -0.2) is 0 Å². The predicted molar refractivity (Wildman–Crippen MR) is 142 cm³/mol. The maximum atomic E-state index is 13.8. The van der Waals surface area contributed by atoms with Crippen LogP contribution in [0, 0.1) is 11.8 Å². The number of aromatic hydroxyl groups is 2. The summed E-state index contributed by atoms with van der Waals surface area (Å²) in [6, 6.07) is 8.89. The Bertz CT molecular complexity index is 1510. The number of hydrogen-bond donors (Lipinski definition) is 7. The molecule has 0 unspecified atom stereocenters. The second kappa shape index (κ2) is 9.77. The molecule has 8 N–H and O–H groups in total. The van der Waals surface area contributed by atoms with Crippen molar-refractivity contribution in [2.45, 2.75) is 37.6 Å². The molecule has 2 aromatic rings. The van der Waals surface area contributed by atoms with E-state index in [1.165, 1.54) is 11.0 Å². The lowest BCUT2D eigenvalue weighted by atomic mass is 9.58. The quantitative estimate of drug-likeness (QED) is 0.257. The molecule has 0 fully saturated rings. The lowest BCUT2D eigenvalue weighted by Gasteiger charge is -2.50. The lowest BCUT2D eigenvalue weighted by Crippen LogP contribution is -2.63. The van der Waals surface area contributed by atoms with Gasteiger partial charge in [-0.1, -0.05) is 24.3 Å². The number of phenols is 2. The van der Waals surface area contributed by atoms with Crippen LogP contribution < -0.4 is 11.1 Å². The van der Waals surface area contributed by atoms with Crippen molar-refractivity contribution in [1.29, 1.82) is 0 Å². The largest absolute Gasteiger partial charge is 0.510 e. The van der Waals surface area contributed by atoms with E-state index in [0.29, 0.717) is 24.2 Å². The van der Waals surface area contributed by atoms with Gasteiger partial charge >= 0.3 is 0 Å². The Morgan fingerprint density at radius 3 is 2.35 bits per heavy atom. The summed E-state index contributed by atoms with van der Waals surface area (Å²) in [5.41, 5.74) is 3.58. The minimum Gasteiger partial charge on any atom is -0.510 e. The molecule has 5 rings (SSSR count). The zero-order valence-electron chi connectivity index (χ0n) is 22.0. The minimum atomic E-state index is -2.67. The van der Waals surface area contributed by atoms with Crippen molar-refractivity contribution < 1.29 is 39.9 Å². The number of amides is 1. The van der Waals surface area contributed by atoms with Crippen LogP contribution in [0.25, 0.3) is 0 Å². The Morgan fingerprint density at radius 2 is 1.70 bits per heavy atom. The van der Waals surface area contributed by atoms with E-state index < -0.39 is 58.0 Å². The van der Waals surface area contributed by atoms with Crippen molar-refractivity contribution in [3.63, 3.8) is 0 Å². The standard InChI is InChI=1S/C29H31N3O8/c1-32(2)23-17-10-15-9-16-13(11-31-12-14-5-3-4-6-18(14)33)7-8-19(34)21(16)24(35)20(15)26(37)29(17,40)27(38)22(25(23)36)28(30)39/h3-8,15,17,23,31,33-34,36-37,40H,9-12H2,1-2H3,(H2,30,39)/t15-,17-,23-,29-/m0/s1. The van der Waals surface area contributed by atoms with E-state index in [0.717, 1.165) is 5.56 Å². The first-order valence-electron chi connectivity index (χ1n) is 12.9. The first-order valence-corrected chi connectivity index (χ1v) is 12.9. The number of rotatable bonds is 6. The van der Waals surface area contributed by atoms with Crippen LogP contribution in [0.1, 0.15) is 33.5 Å². The Labute approximate surface area is 229 Å². The molecule has 0 heterocycles. The summed E-state index contributed by atoms with van der Waals surface area (Å²) in [5.74, 6) is -6.67. The number of nitrogens with one attached hydrogen (secondary N) is 1. The number of primary amides is 1. The number of benzene rings is 2. The summed E-state index contributed by atoms with van der Waals surface area (Å²) < 4.78 is 0. The molecular weight excluding hydrogens is 518 g/mol. The third kappa shape index (κ3) is 3.96. The molecule has 0 saturated heterocycles. The van der Waals surface area contributed by atoms with Gasteiger partial charge in [0, 0.05) is 30.1 Å². The smallest absolute Gasteiger partial charge is 0.255 e. The summed E-state index contributed by atoms with van der Waals surface area (Å²) in [6.07, 6.45) is 0.225. The molecular formula is C29H31N3O8. The van der Waals surface area contributed by atoms with Gasteiger partial charge in [0.1, 0.15) is 28.6 Å². The molecule has 0 bridgehead atoms. The number of carbonyl (C=O) groups is 3. The van der Waals surface area contributed by atoms with Gasteiger partial charge in [0.05, 0.1) is 11.6 Å². The van der Waals surface area contributed by atoms with Gasteiger partial charge in [-0.2, -0.15) is 0 Å². The van der Waals surface area contributed by atoms with Crippen LogP contribution in [-0.2, 0) is 29.1 Å². The number of aliphatic hydroxyl groups is 3. The van der Waals surface area contributed by atoms with E-state index in [1.807, 2.05) is 0 Å². The number of likely N-dealkylation sites (N-methyl/N-ethyl adjacent to an activating group) is 1. The normalized spacial score (nSPS) is 26.1. The van der Waals surface area contributed by atoms with E-state index in [9.17, 15) is 39.9 Å². The Morgan fingerprint density at radius 1 is 1.02 bits per heavy atom. The highest BCUT2D eigenvalue weighted by Gasteiger charge is 2.63. The number of aliphatic hydroxyl groups excluding tert-OH is 2. The molecule has 0 aromatic heterocycles. The average molecular weight is 550 g/mol. The molecule has 4 atom stereocenters. The third-order valence-electron chi connectivity index (χ3n) is 8.33. The van der Waals surface area contributed by atoms with Crippen LogP contribution in [0.15, 0.2) is 59.1 Å². The molecule has 0 spiro atoms. The molecule has 1 amide bonds. The van der Waals surface area contributed by atoms with Gasteiger partial charge in [-0.15, -0.1) is 0 Å². The van der Waals surface area contributed by atoms with Crippen molar-refractivity contribution in [3.05, 3.63) is 81.3 Å². The summed E-state index contributed by atoms with van der Waals surface area (Å²) in [7, 11) is 3.17. The van der Waals surface area contributed by atoms with Gasteiger partial charge in [-0.3, -0.25) is 19.3 Å². The average Bonchev–Trinajstić information content (AvgIpc) is 2.88. The summed E-state index contributed by atoms with van der Waals surface area (Å²) in [6.45, 7) is 0.654. The first-order chi connectivity index (χ1) is 18.9. The number of para-hydroxylation sites is 1. The molecule has 0 aliphatic heterocycles. The first kappa shape index (κ1) is 27.4. The number of phenolic OH excluding ortho intramolecular Hbond substituents is 2. The third-order valence-corrected chi connectivity index (χ3v) is 8.33. The highest BCUT2D eigenvalue weighted by molar-refractivity contribution is 6.24. The number of allylic oxidation sites excluding steroid dienone is 1. The van der Waals surface area contributed by atoms with Crippen LogP contribution in [-0.4, -0.2) is 73.6 Å². The number of hydrogen-bond acceptors (Lipinski definition) is 10. The van der Waals surface area contributed by atoms with Gasteiger partial charge in [0.25, 0.3) is 5.91 Å². The van der Waals surface area contributed by atoms with Crippen molar-refractivity contribution in [3.8, 4) is 11.5 Å². The molecule has 210 valence electrons. The molecule has 2 aromatic carbocycles. The number of nitrogens with two attached hydrogens (primary N) is 1. The Kier molecular flexibility index (Phi) is 6.69. The molecule has 11 nitrogen and oxygen atoms in total. The SMILES string of the molecule is CN(C)[C@@H]1C(O)=C(C(N)=O)C(=O)[C@@]2(O)C(O)=C3C(=O)c4c(O)ccc(CNCc5ccccc5O)c4C[C@H]3C[C@@H]12. The number of Topliss-reactive ketones (excluding diaryl/α,β-unsaturated/α-hetero) is 2. The van der Waals surface area contributed by atoms with Gasteiger partial charge in [0.15, 0.2) is 11.4 Å². The van der Waals surface area contributed by atoms with Gasteiger partial charge in [0.2, 0.25) is 5.78 Å². The van der Waals surface area contributed by atoms with Crippen LogP contribution in [0.3, 0.4) is 0 Å². The van der Waals surface area contributed by atoms with Crippen LogP contribution in [0.2, 0.25) is 0 Å². The predicted octanol–water partition coefficient (Wildman–Crippen LogP) is 1.12. The maximum absolute atomic E-state index is 13.8. The van der Waals surface area contributed by atoms with E-state index in [-0.39, 0.29) is 35.5 Å². The highest BCUT2D eigenvalue weighted by atomic mass is 16.3. The van der Waals surface area contributed by atoms with Crippen molar-refractivity contribution >= 4 is 17.5 Å². The number of nitrogens with zero attached hydrogens (tertiary/aromatic N) is 1. The fourth-order valence-electron chi connectivity index (χ4n) is 6.47. The Balaban J connectivity index is 1.56. The van der Waals surface area contributed by atoms with E-state index in [4.69, 9.17) is 5.73 Å². The summed E-state index contributed by atoms with van der Waals surface area (Å²) in [4.78, 5) is 40.7. The van der Waals surface area contributed by atoms with E-state index in [2.05, 4.69) is 5.32 Å². The number of ketones is 2. The summed E-state index contributed by atoms with van der Waals surface area (Å²) >= 11 is 0. The fraction of sp³-hybridized carbons (Fsp3) is 0.345. The Hall–Kier alpha value is -4.19. The fourth-order valence-corrected chi connectivity index (χ4v) is 6.47. The zero-order chi connectivity index (χ0) is 29.1. The minimum absolute atomic E-state index is 0.0200. The summed E-state index contributed by atoms with van der Waals surface area (Å²) in [5, 5.41) is 57.8. The van der Waals surface area contributed by atoms with Crippen molar-refractivity contribution in [2.24, 2.45) is 17.6 Å². The topological polar surface area (TPSA) is 194 Å². The molecule has 11 heteroatoms. The molecule has 40 heavy (non-hydrogen) atoms. The number of carbonyl (C=O) groups excluding carboxylic acids is 3. The molecule has 0 saturated carbocycles. The van der Waals surface area contributed by atoms with Crippen molar-refractivity contribution in [1.82, 2.24) is 10.2 Å². The van der Waals surface area contributed by atoms with Crippen LogP contribution >= 0.6 is 0 Å². The second-order valence-corrected chi connectivity index (χ2v) is 10.8. The van der Waals surface area contributed by atoms with E-state index in [1.54, 1.807) is 44.4 Å². The van der Waals surface area contributed by atoms with Gasteiger partial charge < -0.3 is 36.6 Å². The zero-order valence-corrected chi connectivity index (χ0v) is 22.0. The van der Waals surface area contributed by atoms with Crippen LogP contribution in [0.5, 0.6) is 11.5 Å². The van der Waals surface area contributed by atoms with Crippen molar-refractivity contribution in [2.75, 3.05) is 14.1 Å². The maximum Gasteiger partial charge on any atom is 0.255 e. The molecule has 3 aliphatic carbocycles.